The van der Waals surface area contributed by atoms with Crippen molar-refractivity contribution in [2.75, 3.05) is 6.61 Å². The van der Waals surface area contributed by atoms with E-state index in [4.69, 9.17) is 15.3 Å². The van der Waals surface area contributed by atoms with Crippen LogP contribution in [0.4, 0.5) is 0 Å². The predicted molar refractivity (Wildman–Crippen MR) is 28.1 cm³/mol. The van der Waals surface area contributed by atoms with E-state index in [9.17, 15) is 0 Å². The van der Waals surface area contributed by atoms with Gasteiger partial charge in [-0.05, 0) is 0 Å². The van der Waals surface area contributed by atoms with E-state index in [1.165, 1.54) is 0 Å². The van der Waals surface area contributed by atoms with Gasteiger partial charge in [0.1, 0.15) is 11.5 Å². The van der Waals surface area contributed by atoms with Crippen LogP contribution < -0.4 is 0 Å². The van der Waals surface area contributed by atoms with Crippen LogP contribution in [0.1, 0.15) is 0 Å². The number of aliphatic hydroxyl groups excluding tert-OH is 3. The Hall–Kier alpha value is 0.230. The summed E-state index contributed by atoms with van der Waals surface area (Å²) in [5, 5.41) is 24.7. The highest BCUT2D eigenvalue weighted by Gasteiger charge is 2.07. The molecule has 4 heteroatoms. The van der Waals surface area contributed by atoms with Crippen LogP contribution in [0.5, 0.6) is 0 Å². The molecule has 0 saturated heterocycles. The number of hydrogen-bond donors (Lipinski definition) is 4. The first kappa shape index (κ1) is 7.23. The van der Waals surface area contributed by atoms with E-state index >= 15 is 0 Å². The first-order valence-electron chi connectivity index (χ1n) is 1.83. The summed E-state index contributed by atoms with van der Waals surface area (Å²) >= 11 is 3.42. The van der Waals surface area contributed by atoms with Crippen LogP contribution in [0.3, 0.4) is 0 Å². The molecule has 0 heterocycles. The Bertz CT molecular complexity index is 47.4. The molecule has 0 aromatic rings. The summed E-state index contributed by atoms with van der Waals surface area (Å²) in [7, 11) is 0. The van der Waals surface area contributed by atoms with Gasteiger partial charge in [-0.1, -0.05) is 0 Å². The molecule has 0 amide bonds. The van der Waals surface area contributed by atoms with Crippen molar-refractivity contribution in [3.63, 3.8) is 0 Å². The normalized spacial score (nSPS) is 18.9. The van der Waals surface area contributed by atoms with Gasteiger partial charge in [0.15, 0.2) is 0 Å². The van der Waals surface area contributed by atoms with Crippen LogP contribution in [-0.4, -0.2) is 33.5 Å². The van der Waals surface area contributed by atoms with Crippen molar-refractivity contribution < 1.29 is 15.3 Å². The Morgan fingerprint density at radius 3 is 1.86 bits per heavy atom. The Kier molecular flexibility index (Phi) is 3.37. The fraction of sp³-hybridized carbons (Fsp3) is 1.00. The monoisotopic (exact) mass is 124 g/mol. The van der Waals surface area contributed by atoms with Gasteiger partial charge in [-0.25, -0.2) is 0 Å². The Morgan fingerprint density at radius 2 is 1.86 bits per heavy atom. The van der Waals surface area contributed by atoms with E-state index in [1.54, 1.807) is 0 Å². The molecular weight excluding hydrogens is 116 g/mol. The summed E-state index contributed by atoms with van der Waals surface area (Å²) in [5.41, 5.74) is -1.13. The molecule has 0 aromatic heterocycles. The molecule has 44 valence electrons. The lowest BCUT2D eigenvalue weighted by Gasteiger charge is -2.06. The van der Waals surface area contributed by atoms with Crippen LogP contribution in [0.15, 0.2) is 0 Å². The van der Waals surface area contributed by atoms with Gasteiger partial charge < -0.3 is 15.3 Å². The molecule has 0 aliphatic carbocycles. The van der Waals surface area contributed by atoms with Crippen molar-refractivity contribution >= 4 is 12.6 Å². The van der Waals surface area contributed by atoms with Crippen LogP contribution >= 0.6 is 12.6 Å². The van der Waals surface area contributed by atoms with Crippen LogP contribution in [0.25, 0.3) is 0 Å². The average Bonchev–Trinajstić information content (AvgIpc) is 1.65. The van der Waals surface area contributed by atoms with Gasteiger partial charge in [0.05, 0.1) is 6.61 Å². The molecule has 0 saturated carbocycles. The molecule has 0 fully saturated rings. The molecule has 3 N–H and O–H groups in total. The topological polar surface area (TPSA) is 60.7 Å². The Labute approximate surface area is 47.0 Å². The predicted octanol–water partition coefficient (Wildman–Crippen LogP) is -1.41. The minimum atomic E-state index is -1.13. The van der Waals surface area contributed by atoms with Crippen molar-refractivity contribution in [1.82, 2.24) is 0 Å². The summed E-state index contributed by atoms with van der Waals surface area (Å²) in [6.07, 6.45) is -1.12. The van der Waals surface area contributed by atoms with Gasteiger partial charge >= 0.3 is 0 Å². The SMILES string of the molecule is OC[C@H](O)C(O)S. The maximum atomic E-state index is 8.36. The zero-order valence-electron chi connectivity index (χ0n) is 3.65. The van der Waals surface area contributed by atoms with Crippen molar-refractivity contribution in [3.05, 3.63) is 0 Å². The largest absolute Gasteiger partial charge is 0.394 e. The third kappa shape index (κ3) is 2.87. The average molecular weight is 124 g/mol. The molecule has 0 aliphatic rings. The minimum absolute atomic E-state index is 0.454. The van der Waals surface area contributed by atoms with E-state index in [-0.39, 0.29) is 0 Å². The number of aliphatic hydroxyl groups is 3. The molecule has 0 spiro atoms. The lowest BCUT2D eigenvalue weighted by atomic mass is 10.4. The fourth-order valence-corrected chi connectivity index (χ4v) is 0.189. The Morgan fingerprint density at radius 1 is 1.43 bits per heavy atom. The van der Waals surface area contributed by atoms with Gasteiger partial charge in [-0.15, -0.1) is 12.6 Å². The van der Waals surface area contributed by atoms with Crippen molar-refractivity contribution in [3.8, 4) is 0 Å². The van der Waals surface area contributed by atoms with Gasteiger partial charge in [-0.3, -0.25) is 0 Å². The summed E-state index contributed by atoms with van der Waals surface area (Å²) in [6.45, 7) is -0.454. The summed E-state index contributed by atoms with van der Waals surface area (Å²) in [4.78, 5) is 0. The van der Waals surface area contributed by atoms with Crippen molar-refractivity contribution in [1.29, 1.82) is 0 Å². The first-order chi connectivity index (χ1) is 3.18. The lowest BCUT2D eigenvalue weighted by Crippen LogP contribution is -2.23. The standard InChI is InChI=1S/C3H8O3S/c4-1-2(5)3(6)7/h2-7H,1H2/t2-,3?/m0/s1. The van der Waals surface area contributed by atoms with Crippen molar-refractivity contribution in [2.24, 2.45) is 0 Å². The zero-order chi connectivity index (χ0) is 5.86. The highest BCUT2D eigenvalue weighted by atomic mass is 32.1. The highest BCUT2D eigenvalue weighted by molar-refractivity contribution is 7.80. The van der Waals surface area contributed by atoms with Crippen LogP contribution in [0, 0.1) is 0 Å². The van der Waals surface area contributed by atoms with Crippen LogP contribution in [-0.2, 0) is 0 Å². The third-order valence-electron chi connectivity index (χ3n) is 0.531. The molecule has 3 nitrogen and oxygen atoms in total. The molecule has 1 unspecified atom stereocenters. The van der Waals surface area contributed by atoms with E-state index < -0.39 is 18.1 Å². The molecular formula is C3H8O3S. The van der Waals surface area contributed by atoms with Gasteiger partial charge in [0.2, 0.25) is 0 Å². The second-order valence-electron chi connectivity index (χ2n) is 1.16. The minimum Gasteiger partial charge on any atom is -0.394 e. The van der Waals surface area contributed by atoms with Gasteiger partial charge in [0, 0.05) is 0 Å². The summed E-state index contributed by atoms with van der Waals surface area (Å²) < 4.78 is 0. The van der Waals surface area contributed by atoms with E-state index in [0.717, 1.165) is 0 Å². The second kappa shape index (κ2) is 3.26. The smallest absolute Gasteiger partial charge is 0.125 e. The first-order valence-corrected chi connectivity index (χ1v) is 2.35. The molecule has 0 rings (SSSR count). The molecule has 0 aromatic carbocycles. The Balaban J connectivity index is 3.14. The molecule has 0 bridgehead atoms. The van der Waals surface area contributed by atoms with E-state index in [0.29, 0.717) is 0 Å². The van der Waals surface area contributed by atoms with Crippen molar-refractivity contribution in [2.45, 2.75) is 11.5 Å². The molecule has 0 aliphatic heterocycles. The second-order valence-corrected chi connectivity index (χ2v) is 1.69. The summed E-state index contributed by atoms with van der Waals surface area (Å²) in [6, 6.07) is 0. The highest BCUT2D eigenvalue weighted by Crippen LogP contribution is 1.94. The van der Waals surface area contributed by atoms with E-state index in [1.807, 2.05) is 0 Å². The fourth-order valence-electron chi connectivity index (χ4n) is 0.0943. The van der Waals surface area contributed by atoms with Gasteiger partial charge in [-0.2, -0.15) is 0 Å². The summed E-state index contributed by atoms with van der Waals surface area (Å²) in [5.74, 6) is 0. The maximum Gasteiger partial charge on any atom is 0.125 e. The number of thiol groups is 1. The molecule has 0 radical (unpaired) electrons. The molecule has 7 heavy (non-hydrogen) atoms. The quantitative estimate of drug-likeness (QED) is 0.270. The third-order valence-corrected chi connectivity index (χ3v) is 0.875. The van der Waals surface area contributed by atoms with Gasteiger partial charge in [0.25, 0.3) is 0 Å². The maximum absolute atomic E-state index is 8.36. The molecule has 2 atom stereocenters. The number of rotatable bonds is 2. The van der Waals surface area contributed by atoms with E-state index in [2.05, 4.69) is 12.6 Å². The lowest BCUT2D eigenvalue weighted by molar-refractivity contribution is 0.0294. The van der Waals surface area contributed by atoms with Crippen LogP contribution in [0.2, 0.25) is 0 Å². The number of hydrogen-bond acceptors (Lipinski definition) is 4. The zero-order valence-corrected chi connectivity index (χ0v) is 4.55.